The molecule has 0 aliphatic carbocycles. The topological polar surface area (TPSA) is 63.6 Å². The molecule has 1 rings (SSSR count). The molecule has 1 aliphatic rings. The van der Waals surface area contributed by atoms with E-state index < -0.39 is 23.4 Å². The predicted octanol–water partition coefficient (Wildman–Crippen LogP) is 1.33. The van der Waals surface area contributed by atoms with Crippen molar-refractivity contribution in [1.29, 1.82) is 0 Å². The van der Waals surface area contributed by atoms with Crippen LogP contribution in [-0.2, 0) is 14.3 Å². The van der Waals surface area contributed by atoms with E-state index in [1.807, 2.05) is 13.8 Å². The van der Waals surface area contributed by atoms with Crippen LogP contribution in [0.2, 0.25) is 0 Å². The highest BCUT2D eigenvalue weighted by Crippen LogP contribution is 2.37. The van der Waals surface area contributed by atoms with Crippen LogP contribution in [0.15, 0.2) is 12.7 Å². The number of rotatable bonds is 5. The second-order valence-corrected chi connectivity index (χ2v) is 5.23. The first-order valence-corrected chi connectivity index (χ1v) is 5.83. The zero-order valence-electron chi connectivity index (χ0n) is 10.6. The van der Waals surface area contributed by atoms with Gasteiger partial charge in [0.15, 0.2) is 5.78 Å². The quantitative estimate of drug-likeness (QED) is 0.447. The smallest absolute Gasteiger partial charge is 0.317 e. The van der Waals surface area contributed by atoms with Crippen molar-refractivity contribution < 1.29 is 19.4 Å². The van der Waals surface area contributed by atoms with Crippen molar-refractivity contribution >= 4 is 11.8 Å². The van der Waals surface area contributed by atoms with Gasteiger partial charge in [0.1, 0.15) is 12.5 Å². The van der Waals surface area contributed by atoms with Crippen LogP contribution in [-0.4, -0.2) is 29.6 Å². The Balaban J connectivity index is 2.80. The van der Waals surface area contributed by atoms with Gasteiger partial charge in [0.2, 0.25) is 0 Å². The molecule has 17 heavy (non-hydrogen) atoms. The van der Waals surface area contributed by atoms with E-state index >= 15 is 0 Å². The Morgan fingerprint density at radius 1 is 1.71 bits per heavy atom. The van der Waals surface area contributed by atoms with Crippen molar-refractivity contribution in [3.63, 3.8) is 0 Å². The summed E-state index contributed by atoms with van der Waals surface area (Å²) in [5.74, 6) is -1.61. The molecule has 1 aliphatic heterocycles. The number of Topliss-reactive ketones (excluding diaryl/α,β-unsaturated/α-hetero) is 1. The summed E-state index contributed by atoms with van der Waals surface area (Å²) < 4.78 is 4.92. The predicted molar refractivity (Wildman–Crippen MR) is 63.2 cm³/mol. The lowest BCUT2D eigenvalue weighted by molar-refractivity contribution is -0.145. The fourth-order valence-electron chi connectivity index (χ4n) is 1.90. The lowest BCUT2D eigenvalue weighted by Gasteiger charge is -2.23. The monoisotopic (exact) mass is 240 g/mol. The van der Waals surface area contributed by atoms with Crippen molar-refractivity contribution in [2.45, 2.75) is 33.3 Å². The summed E-state index contributed by atoms with van der Waals surface area (Å²) in [4.78, 5) is 23.6. The van der Waals surface area contributed by atoms with E-state index in [0.717, 1.165) is 0 Å². The number of carbonyl (C=O) groups excluding carboxylic acids is 2. The normalized spacial score (nSPS) is 30.2. The minimum Gasteiger partial charge on any atom is -0.464 e. The number of hydrogen-bond acceptors (Lipinski definition) is 4. The molecule has 1 heterocycles. The Labute approximate surface area is 102 Å². The second kappa shape index (κ2) is 5.00. The maximum atomic E-state index is 12.0. The molecule has 4 heteroatoms. The zero-order valence-corrected chi connectivity index (χ0v) is 10.6. The Hall–Kier alpha value is -1.16. The summed E-state index contributed by atoms with van der Waals surface area (Å²) >= 11 is 0. The highest BCUT2D eigenvalue weighted by atomic mass is 16.5. The van der Waals surface area contributed by atoms with Gasteiger partial charge in [0, 0.05) is 11.8 Å². The number of hydrogen-bond donors (Lipinski definition) is 1. The molecule has 0 amide bonds. The molecule has 0 aromatic carbocycles. The van der Waals surface area contributed by atoms with Gasteiger partial charge in [-0.05, 0) is 5.92 Å². The molecular weight excluding hydrogens is 220 g/mol. The standard InChI is InChI=1S/C13H20O4/c1-5-13(4)7-17-12(16)11(13)10(15)6-9(14)8(2)3/h5,8-9,11,14H,1,6-7H2,2-4H3/t9?,11?,13-/m0/s1. The number of cyclic esters (lactones) is 1. The lowest BCUT2D eigenvalue weighted by Crippen LogP contribution is -2.35. The number of ketones is 1. The zero-order chi connectivity index (χ0) is 13.2. The second-order valence-electron chi connectivity index (χ2n) is 5.23. The van der Waals surface area contributed by atoms with Crippen molar-refractivity contribution in [3.8, 4) is 0 Å². The Morgan fingerprint density at radius 2 is 2.29 bits per heavy atom. The van der Waals surface area contributed by atoms with Gasteiger partial charge in [-0.15, -0.1) is 6.58 Å². The van der Waals surface area contributed by atoms with Crippen molar-refractivity contribution in [2.24, 2.45) is 17.3 Å². The van der Waals surface area contributed by atoms with E-state index in [-0.39, 0.29) is 24.7 Å². The molecule has 1 fully saturated rings. The van der Waals surface area contributed by atoms with Crippen LogP contribution in [0.1, 0.15) is 27.2 Å². The Bertz CT molecular complexity index is 334. The van der Waals surface area contributed by atoms with E-state index in [0.29, 0.717) is 0 Å². The van der Waals surface area contributed by atoms with Crippen LogP contribution in [0, 0.1) is 17.3 Å². The molecule has 4 nitrogen and oxygen atoms in total. The average Bonchev–Trinajstić information content (AvgIpc) is 2.55. The summed E-state index contributed by atoms with van der Waals surface area (Å²) in [6.45, 7) is 9.27. The molecule has 0 spiro atoms. The van der Waals surface area contributed by atoms with E-state index in [4.69, 9.17) is 4.74 Å². The van der Waals surface area contributed by atoms with Gasteiger partial charge in [-0.2, -0.15) is 0 Å². The molecule has 3 atom stereocenters. The molecule has 0 bridgehead atoms. The first kappa shape index (κ1) is 13.9. The van der Waals surface area contributed by atoms with E-state index in [9.17, 15) is 14.7 Å². The van der Waals surface area contributed by atoms with Crippen LogP contribution >= 0.6 is 0 Å². The van der Waals surface area contributed by atoms with Gasteiger partial charge in [-0.25, -0.2) is 0 Å². The summed E-state index contributed by atoms with van der Waals surface area (Å²) in [6.07, 6.45) is 0.855. The largest absolute Gasteiger partial charge is 0.464 e. The van der Waals surface area contributed by atoms with Crippen molar-refractivity contribution in [1.82, 2.24) is 0 Å². The molecule has 2 unspecified atom stereocenters. The fraction of sp³-hybridized carbons (Fsp3) is 0.692. The summed E-state index contributed by atoms with van der Waals surface area (Å²) in [7, 11) is 0. The minimum absolute atomic E-state index is 0.00800. The van der Waals surface area contributed by atoms with Gasteiger partial charge in [-0.1, -0.05) is 26.8 Å². The highest BCUT2D eigenvalue weighted by Gasteiger charge is 2.49. The van der Waals surface area contributed by atoms with E-state index in [1.165, 1.54) is 0 Å². The van der Waals surface area contributed by atoms with Gasteiger partial charge in [-0.3, -0.25) is 9.59 Å². The number of aliphatic hydroxyl groups excluding tert-OH is 1. The number of esters is 1. The third-order valence-electron chi connectivity index (χ3n) is 3.39. The van der Waals surface area contributed by atoms with E-state index in [1.54, 1.807) is 13.0 Å². The third kappa shape index (κ3) is 2.75. The maximum absolute atomic E-state index is 12.0. The summed E-state index contributed by atoms with van der Waals surface area (Å²) in [6, 6.07) is 0. The van der Waals surface area contributed by atoms with Crippen LogP contribution in [0.5, 0.6) is 0 Å². The molecular formula is C13H20O4. The van der Waals surface area contributed by atoms with Crippen LogP contribution in [0.25, 0.3) is 0 Å². The van der Waals surface area contributed by atoms with Gasteiger partial charge in [0.05, 0.1) is 6.10 Å². The average molecular weight is 240 g/mol. The first-order chi connectivity index (χ1) is 7.81. The molecule has 1 saturated heterocycles. The molecule has 0 aromatic heterocycles. The number of carbonyl (C=O) groups is 2. The summed E-state index contributed by atoms with van der Waals surface area (Å²) in [5.41, 5.74) is -0.648. The first-order valence-electron chi connectivity index (χ1n) is 5.83. The number of aliphatic hydroxyl groups is 1. The van der Waals surface area contributed by atoms with E-state index in [2.05, 4.69) is 6.58 Å². The van der Waals surface area contributed by atoms with Crippen LogP contribution in [0.4, 0.5) is 0 Å². The van der Waals surface area contributed by atoms with Crippen molar-refractivity contribution in [2.75, 3.05) is 6.61 Å². The lowest BCUT2D eigenvalue weighted by atomic mass is 9.76. The third-order valence-corrected chi connectivity index (χ3v) is 3.39. The highest BCUT2D eigenvalue weighted by molar-refractivity contribution is 6.01. The van der Waals surface area contributed by atoms with Gasteiger partial charge < -0.3 is 9.84 Å². The Kier molecular flexibility index (Phi) is 4.09. The summed E-state index contributed by atoms with van der Waals surface area (Å²) in [5, 5.41) is 9.69. The minimum atomic E-state index is -0.826. The fourth-order valence-corrected chi connectivity index (χ4v) is 1.90. The SMILES string of the molecule is C=C[C@@]1(C)COC(=O)C1C(=O)CC(O)C(C)C. The van der Waals surface area contributed by atoms with Gasteiger partial charge >= 0.3 is 5.97 Å². The van der Waals surface area contributed by atoms with Crippen LogP contribution < -0.4 is 0 Å². The van der Waals surface area contributed by atoms with Crippen LogP contribution in [0.3, 0.4) is 0 Å². The molecule has 96 valence electrons. The maximum Gasteiger partial charge on any atom is 0.317 e. The van der Waals surface area contributed by atoms with Gasteiger partial charge in [0.25, 0.3) is 0 Å². The number of ether oxygens (including phenoxy) is 1. The molecule has 0 radical (unpaired) electrons. The van der Waals surface area contributed by atoms with Crippen molar-refractivity contribution in [3.05, 3.63) is 12.7 Å². The Morgan fingerprint density at radius 3 is 2.76 bits per heavy atom. The molecule has 1 N–H and O–H groups in total. The molecule has 0 aromatic rings. The molecule has 0 saturated carbocycles.